The van der Waals surface area contributed by atoms with Crippen molar-refractivity contribution < 1.29 is 18.5 Å². The molecule has 1 saturated carbocycles. The van der Waals surface area contributed by atoms with E-state index in [2.05, 4.69) is 17.6 Å². The quantitative estimate of drug-likeness (QED) is 0.602. The van der Waals surface area contributed by atoms with E-state index in [-0.39, 0.29) is 11.3 Å². The van der Waals surface area contributed by atoms with Gasteiger partial charge in [0.1, 0.15) is 5.69 Å². The Hall–Kier alpha value is -2.45. The highest BCUT2D eigenvalue weighted by molar-refractivity contribution is 6.02. The molecule has 9 heteroatoms. The summed E-state index contributed by atoms with van der Waals surface area (Å²) in [7, 11) is 1.58. The van der Waals surface area contributed by atoms with E-state index in [9.17, 15) is 23.7 Å². The van der Waals surface area contributed by atoms with Gasteiger partial charge in [0.2, 0.25) is 0 Å². The Kier molecular flexibility index (Phi) is 5.21. The highest BCUT2D eigenvalue weighted by atomic mass is 19.3. The van der Waals surface area contributed by atoms with Gasteiger partial charge in [0.05, 0.1) is 16.2 Å². The fraction of sp³-hybridized carbons (Fsp3) is 0.611. The zero-order valence-corrected chi connectivity index (χ0v) is 15.4. The molecule has 1 aliphatic heterocycles. The first-order chi connectivity index (χ1) is 12.7. The molecule has 7 nitrogen and oxygen atoms in total. The molecule has 1 aromatic rings. The van der Waals surface area contributed by atoms with Crippen molar-refractivity contribution >= 4 is 23.0 Å². The first-order valence-electron chi connectivity index (χ1n) is 9.14. The number of anilines is 2. The molecule has 148 valence electrons. The monoisotopic (exact) mass is 382 g/mol. The molecule has 1 amide bonds. The highest BCUT2D eigenvalue weighted by Crippen LogP contribution is 2.39. The van der Waals surface area contributed by atoms with Gasteiger partial charge in [-0.2, -0.15) is 0 Å². The SMILES string of the molecule is CNc1cc(N2CCC(C)CC2)c(C(=O)NC2CC(F)(F)C2)cc1[N+](=O)[O-]. The zero-order valence-electron chi connectivity index (χ0n) is 15.4. The first kappa shape index (κ1) is 19.3. The van der Waals surface area contributed by atoms with E-state index in [1.807, 2.05) is 4.90 Å². The van der Waals surface area contributed by atoms with Crippen molar-refractivity contribution in [1.29, 1.82) is 0 Å². The fourth-order valence-corrected chi connectivity index (χ4v) is 3.65. The maximum Gasteiger partial charge on any atom is 0.293 e. The van der Waals surface area contributed by atoms with Crippen LogP contribution in [0.2, 0.25) is 0 Å². The average molecular weight is 382 g/mol. The molecule has 2 aliphatic rings. The predicted octanol–water partition coefficient (Wildman–Crippen LogP) is 3.40. The lowest BCUT2D eigenvalue weighted by Gasteiger charge is -2.36. The van der Waals surface area contributed by atoms with Gasteiger partial charge in [-0.25, -0.2) is 8.78 Å². The topological polar surface area (TPSA) is 87.5 Å². The van der Waals surface area contributed by atoms with Crippen LogP contribution in [0.1, 0.15) is 43.0 Å². The van der Waals surface area contributed by atoms with E-state index in [1.165, 1.54) is 6.07 Å². The van der Waals surface area contributed by atoms with Crippen molar-refractivity contribution in [1.82, 2.24) is 5.32 Å². The van der Waals surface area contributed by atoms with Crippen LogP contribution in [0.15, 0.2) is 12.1 Å². The van der Waals surface area contributed by atoms with Crippen LogP contribution in [0.5, 0.6) is 0 Å². The number of halogens is 2. The van der Waals surface area contributed by atoms with Crippen LogP contribution in [0.3, 0.4) is 0 Å². The van der Waals surface area contributed by atoms with E-state index in [1.54, 1.807) is 13.1 Å². The molecule has 0 radical (unpaired) electrons. The highest BCUT2D eigenvalue weighted by Gasteiger charge is 2.46. The molecule has 1 aliphatic carbocycles. The molecule has 3 rings (SSSR count). The second-order valence-corrected chi connectivity index (χ2v) is 7.50. The number of benzene rings is 1. The smallest absolute Gasteiger partial charge is 0.293 e. The third-order valence-electron chi connectivity index (χ3n) is 5.37. The van der Waals surface area contributed by atoms with Gasteiger partial charge in [0.15, 0.2) is 0 Å². The summed E-state index contributed by atoms with van der Waals surface area (Å²) in [5.74, 6) is -2.71. The van der Waals surface area contributed by atoms with Crippen LogP contribution >= 0.6 is 0 Å². The second kappa shape index (κ2) is 7.28. The minimum absolute atomic E-state index is 0.158. The van der Waals surface area contributed by atoms with Gasteiger partial charge in [0, 0.05) is 45.1 Å². The van der Waals surface area contributed by atoms with Crippen molar-refractivity contribution in [3.63, 3.8) is 0 Å². The molecule has 0 unspecified atom stereocenters. The number of piperidine rings is 1. The van der Waals surface area contributed by atoms with Crippen LogP contribution in [0.25, 0.3) is 0 Å². The summed E-state index contributed by atoms with van der Waals surface area (Å²) in [5.41, 5.74) is 0.863. The van der Waals surface area contributed by atoms with Gasteiger partial charge in [0.25, 0.3) is 17.5 Å². The summed E-state index contributed by atoms with van der Waals surface area (Å²) in [6.45, 7) is 3.64. The predicted molar refractivity (Wildman–Crippen MR) is 98.7 cm³/mol. The van der Waals surface area contributed by atoms with Gasteiger partial charge in [-0.1, -0.05) is 6.92 Å². The summed E-state index contributed by atoms with van der Waals surface area (Å²) >= 11 is 0. The van der Waals surface area contributed by atoms with Gasteiger partial charge >= 0.3 is 0 Å². The zero-order chi connectivity index (χ0) is 19.8. The molecule has 1 heterocycles. The van der Waals surface area contributed by atoms with Crippen molar-refractivity contribution in [2.45, 2.75) is 44.6 Å². The second-order valence-electron chi connectivity index (χ2n) is 7.50. The number of alkyl halides is 2. The number of amides is 1. The summed E-state index contributed by atoms with van der Waals surface area (Å²) in [4.78, 5) is 25.6. The summed E-state index contributed by atoms with van der Waals surface area (Å²) in [5, 5.41) is 16.8. The largest absolute Gasteiger partial charge is 0.383 e. The Labute approximate surface area is 156 Å². The van der Waals surface area contributed by atoms with E-state index >= 15 is 0 Å². The maximum absolute atomic E-state index is 13.1. The Balaban J connectivity index is 1.92. The number of rotatable bonds is 5. The normalized spacial score (nSPS) is 20.1. The van der Waals surface area contributed by atoms with Crippen LogP contribution in [0, 0.1) is 16.0 Å². The third-order valence-corrected chi connectivity index (χ3v) is 5.37. The van der Waals surface area contributed by atoms with Crippen LogP contribution in [-0.2, 0) is 0 Å². The summed E-state index contributed by atoms with van der Waals surface area (Å²) in [6, 6.07) is 2.24. The standard InChI is InChI=1S/C18H24F2N4O3/c1-11-3-5-23(6-4-11)15-8-14(21-2)16(24(26)27)7-13(15)17(25)22-12-9-18(19,20)10-12/h7-8,11-12,21H,3-6,9-10H2,1-2H3,(H,22,25). The number of hydrogen-bond acceptors (Lipinski definition) is 5. The van der Waals surface area contributed by atoms with Gasteiger partial charge in [-0.3, -0.25) is 14.9 Å². The summed E-state index contributed by atoms with van der Waals surface area (Å²) in [6.07, 6.45) is 1.13. The molecule has 1 saturated heterocycles. The number of carbonyl (C=O) groups is 1. The Morgan fingerprint density at radius 1 is 1.30 bits per heavy atom. The molecule has 0 atom stereocenters. The Morgan fingerprint density at radius 3 is 2.44 bits per heavy atom. The molecule has 1 aromatic carbocycles. The van der Waals surface area contributed by atoms with E-state index in [0.717, 1.165) is 25.9 Å². The number of carbonyl (C=O) groups excluding carboxylic acids is 1. The summed E-state index contributed by atoms with van der Waals surface area (Å²) < 4.78 is 26.1. The molecule has 0 bridgehead atoms. The van der Waals surface area contributed by atoms with Gasteiger partial charge < -0.3 is 15.5 Å². The molecular formula is C18H24F2N4O3. The third kappa shape index (κ3) is 4.12. The van der Waals surface area contributed by atoms with Gasteiger partial charge in [-0.15, -0.1) is 0 Å². The Bertz CT molecular complexity index is 740. The van der Waals surface area contributed by atoms with Crippen molar-refractivity contribution in [2.24, 2.45) is 5.92 Å². The first-order valence-corrected chi connectivity index (χ1v) is 9.14. The average Bonchev–Trinajstić information content (AvgIpc) is 2.59. The molecule has 27 heavy (non-hydrogen) atoms. The van der Waals surface area contributed by atoms with Crippen molar-refractivity contribution in [3.05, 3.63) is 27.8 Å². The number of nitrogens with one attached hydrogen (secondary N) is 2. The minimum atomic E-state index is -2.74. The number of nitro groups is 1. The molecule has 2 N–H and O–H groups in total. The maximum atomic E-state index is 13.1. The van der Waals surface area contributed by atoms with Crippen LogP contribution in [0.4, 0.5) is 25.8 Å². The van der Waals surface area contributed by atoms with Gasteiger partial charge in [-0.05, 0) is 24.8 Å². The van der Waals surface area contributed by atoms with Crippen LogP contribution < -0.4 is 15.5 Å². The Morgan fingerprint density at radius 2 is 1.93 bits per heavy atom. The van der Waals surface area contributed by atoms with Crippen LogP contribution in [-0.4, -0.2) is 42.9 Å². The molecular weight excluding hydrogens is 358 g/mol. The van der Waals surface area contributed by atoms with E-state index < -0.39 is 35.6 Å². The number of nitro benzene ring substituents is 1. The molecule has 0 spiro atoms. The lowest BCUT2D eigenvalue weighted by Crippen LogP contribution is -2.50. The minimum Gasteiger partial charge on any atom is -0.383 e. The fourth-order valence-electron chi connectivity index (χ4n) is 3.65. The van der Waals surface area contributed by atoms with Crippen molar-refractivity contribution in [2.75, 3.05) is 30.4 Å². The van der Waals surface area contributed by atoms with Crippen molar-refractivity contribution in [3.8, 4) is 0 Å². The lowest BCUT2D eigenvalue weighted by molar-refractivity contribution is -0.384. The van der Waals surface area contributed by atoms with E-state index in [0.29, 0.717) is 17.3 Å². The van der Waals surface area contributed by atoms with E-state index in [4.69, 9.17) is 0 Å². The molecule has 0 aromatic heterocycles. The number of nitrogens with zero attached hydrogens (tertiary/aromatic N) is 2. The lowest BCUT2D eigenvalue weighted by atomic mass is 9.88. The molecule has 2 fully saturated rings. The number of hydrogen-bond donors (Lipinski definition) is 2.